The van der Waals surface area contributed by atoms with Crippen LogP contribution in [0.1, 0.15) is 24.9 Å². The van der Waals surface area contributed by atoms with Gasteiger partial charge in [-0.05, 0) is 36.2 Å². The maximum atomic E-state index is 12.2. The average molecular weight is 345 g/mol. The molecular weight excluding hydrogens is 322 g/mol. The highest BCUT2D eigenvalue weighted by atomic mass is 32.2. The molecule has 24 heavy (non-hydrogen) atoms. The lowest BCUT2D eigenvalue weighted by molar-refractivity contribution is -0.119. The molecule has 0 bridgehead atoms. The highest BCUT2D eigenvalue weighted by Crippen LogP contribution is 2.31. The number of carbonyl (C=O) groups excluding carboxylic acids is 1. The quantitative estimate of drug-likeness (QED) is 0.733. The van der Waals surface area contributed by atoms with Gasteiger partial charge in [0, 0.05) is 4.90 Å². The van der Waals surface area contributed by atoms with Crippen molar-refractivity contribution in [1.29, 1.82) is 0 Å². The Morgan fingerprint density at radius 3 is 2.42 bits per heavy atom. The summed E-state index contributed by atoms with van der Waals surface area (Å²) in [7, 11) is 3.22. The van der Waals surface area contributed by atoms with Crippen LogP contribution in [-0.2, 0) is 4.79 Å². The van der Waals surface area contributed by atoms with E-state index in [1.54, 1.807) is 14.2 Å². The normalized spacial score (nSPS) is 11.6. The lowest BCUT2D eigenvalue weighted by Crippen LogP contribution is -2.29. The van der Waals surface area contributed by atoms with Crippen molar-refractivity contribution in [3.8, 4) is 11.5 Å². The van der Waals surface area contributed by atoms with Gasteiger partial charge in [-0.25, -0.2) is 0 Å². The van der Waals surface area contributed by atoms with Gasteiger partial charge in [-0.2, -0.15) is 0 Å². The molecule has 4 nitrogen and oxygen atoms in total. The predicted molar refractivity (Wildman–Crippen MR) is 97.9 cm³/mol. The van der Waals surface area contributed by atoms with Crippen LogP contribution in [0.2, 0.25) is 0 Å². The van der Waals surface area contributed by atoms with Crippen LogP contribution in [-0.4, -0.2) is 25.9 Å². The molecule has 0 aliphatic heterocycles. The van der Waals surface area contributed by atoms with Crippen molar-refractivity contribution < 1.29 is 14.3 Å². The molecule has 0 aliphatic carbocycles. The molecule has 0 saturated carbocycles. The van der Waals surface area contributed by atoms with E-state index in [9.17, 15) is 4.79 Å². The zero-order valence-corrected chi connectivity index (χ0v) is 15.1. The molecule has 1 atom stereocenters. The summed E-state index contributed by atoms with van der Waals surface area (Å²) >= 11 is 1.53. The Balaban J connectivity index is 1.99. The molecule has 0 spiro atoms. The van der Waals surface area contributed by atoms with Crippen LogP contribution in [0.3, 0.4) is 0 Å². The van der Waals surface area contributed by atoms with Crippen molar-refractivity contribution in [3.05, 3.63) is 54.1 Å². The molecule has 2 aromatic rings. The molecule has 2 aromatic carbocycles. The fourth-order valence-electron chi connectivity index (χ4n) is 2.39. The maximum absolute atomic E-state index is 12.2. The van der Waals surface area contributed by atoms with E-state index >= 15 is 0 Å². The van der Waals surface area contributed by atoms with Crippen LogP contribution in [0, 0.1) is 0 Å². The molecule has 0 radical (unpaired) electrons. The predicted octanol–water partition coefficient (Wildman–Crippen LogP) is 4.06. The first-order chi connectivity index (χ1) is 11.7. The van der Waals surface area contributed by atoms with E-state index in [2.05, 4.69) is 5.32 Å². The second-order valence-electron chi connectivity index (χ2n) is 5.24. The first kappa shape index (κ1) is 18.2. The lowest BCUT2D eigenvalue weighted by Gasteiger charge is -2.19. The number of rotatable bonds is 8. The topological polar surface area (TPSA) is 47.6 Å². The Labute approximate surface area is 147 Å². The number of ether oxygens (including phenoxy) is 2. The molecule has 0 heterocycles. The molecule has 1 N–H and O–H groups in total. The third kappa shape index (κ3) is 4.93. The third-order valence-corrected chi connectivity index (χ3v) is 4.68. The van der Waals surface area contributed by atoms with Crippen LogP contribution >= 0.6 is 11.8 Å². The average Bonchev–Trinajstić information content (AvgIpc) is 2.64. The molecule has 0 unspecified atom stereocenters. The van der Waals surface area contributed by atoms with Crippen LogP contribution in [0.15, 0.2) is 53.4 Å². The van der Waals surface area contributed by atoms with Crippen molar-refractivity contribution in [3.63, 3.8) is 0 Å². The lowest BCUT2D eigenvalue weighted by atomic mass is 10.0. The number of thioether (sulfide) groups is 1. The van der Waals surface area contributed by atoms with Gasteiger partial charge in [-0.15, -0.1) is 11.8 Å². The van der Waals surface area contributed by atoms with Gasteiger partial charge in [0.2, 0.25) is 5.91 Å². The summed E-state index contributed by atoms with van der Waals surface area (Å²) in [5.74, 6) is 1.77. The van der Waals surface area contributed by atoms with Gasteiger partial charge in [-0.3, -0.25) is 4.79 Å². The fourth-order valence-corrected chi connectivity index (χ4v) is 3.12. The second-order valence-corrected chi connectivity index (χ2v) is 6.29. The van der Waals surface area contributed by atoms with Gasteiger partial charge in [0.15, 0.2) is 11.5 Å². The van der Waals surface area contributed by atoms with Gasteiger partial charge < -0.3 is 14.8 Å². The first-order valence-corrected chi connectivity index (χ1v) is 8.85. The summed E-state index contributed by atoms with van der Waals surface area (Å²) < 4.78 is 10.6. The largest absolute Gasteiger partial charge is 0.493 e. The number of hydrogen-bond acceptors (Lipinski definition) is 4. The third-order valence-electron chi connectivity index (χ3n) is 3.67. The van der Waals surface area contributed by atoms with E-state index in [1.165, 1.54) is 11.8 Å². The van der Waals surface area contributed by atoms with Crippen LogP contribution in [0.25, 0.3) is 0 Å². The molecule has 1 amide bonds. The SMILES string of the molecule is CC[C@@H](NC(=O)CSc1ccccc1)c1ccc(OC)c(OC)c1. The monoisotopic (exact) mass is 345 g/mol. The van der Waals surface area contributed by atoms with E-state index in [4.69, 9.17) is 9.47 Å². The maximum Gasteiger partial charge on any atom is 0.230 e. The highest BCUT2D eigenvalue weighted by molar-refractivity contribution is 8.00. The zero-order valence-electron chi connectivity index (χ0n) is 14.2. The first-order valence-electron chi connectivity index (χ1n) is 7.87. The number of nitrogens with one attached hydrogen (secondary N) is 1. The molecule has 5 heteroatoms. The van der Waals surface area contributed by atoms with Crippen molar-refractivity contribution in [2.45, 2.75) is 24.3 Å². The van der Waals surface area contributed by atoms with Crippen molar-refractivity contribution >= 4 is 17.7 Å². The Bertz CT molecular complexity index is 661. The summed E-state index contributed by atoms with van der Waals surface area (Å²) in [6.07, 6.45) is 0.803. The summed E-state index contributed by atoms with van der Waals surface area (Å²) in [6.45, 7) is 2.05. The highest BCUT2D eigenvalue weighted by Gasteiger charge is 2.15. The molecule has 0 aromatic heterocycles. The minimum atomic E-state index is -0.0475. The fraction of sp³-hybridized carbons (Fsp3) is 0.316. The Hall–Kier alpha value is -2.14. The van der Waals surface area contributed by atoms with Crippen molar-refractivity contribution in [2.75, 3.05) is 20.0 Å². The summed E-state index contributed by atoms with van der Waals surface area (Å²) in [5, 5.41) is 3.09. The smallest absolute Gasteiger partial charge is 0.230 e. The number of carbonyl (C=O) groups is 1. The molecule has 0 fully saturated rings. The van der Waals surface area contributed by atoms with Crippen molar-refractivity contribution in [2.24, 2.45) is 0 Å². The van der Waals surface area contributed by atoms with Gasteiger partial charge in [-0.1, -0.05) is 31.2 Å². The Morgan fingerprint density at radius 1 is 1.08 bits per heavy atom. The molecule has 128 valence electrons. The zero-order chi connectivity index (χ0) is 17.4. The van der Waals surface area contributed by atoms with Crippen molar-refractivity contribution in [1.82, 2.24) is 5.32 Å². The van der Waals surface area contributed by atoms with E-state index < -0.39 is 0 Å². The molecule has 0 aliphatic rings. The summed E-state index contributed by atoms with van der Waals surface area (Å²) in [5.41, 5.74) is 1.01. The Morgan fingerprint density at radius 2 is 1.79 bits per heavy atom. The standard InChI is InChI=1S/C19H23NO3S/c1-4-16(14-10-11-17(22-2)18(12-14)23-3)20-19(21)13-24-15-8-6-5-7-9-15/h5-12,16H,4,13H2,1-3H3,(H,20,21)/t16-/m1/s1. The van der Waals surface area contributed by atoms with E-state index in [-0.39, 0.29) is 11.9 Å². The molecule has 2 rings (SSSR count). The van der Waals surface area contributed by atoms with Gasteiger partial charge in [0.05, 0.1) is 26.0 Å². The van der Waals surface area contributed by atoms with E-state index in [0.29, 0.717) is 17.3 Å². The number of hydrogen-bond donors (Lipinski definition) is 1. The second kappa shape index (κ2) is 9.23. The minimum Gasteiger partial charge on any atom is -0.493 e. The van der Waals surface area contributed by atoms with E-state index in [0.717, 1.165) is 16.9 Å². The minimum absolute atomic E-state index is 0.0190. The summed E-state index contributed by atoms with van der Waals surface area (Å²) in [6, 6.07) is 15.6. The number of benzene rings is 2. The molecule has 0 saturated heterocycles. The van der Waals surface area contributed by atoms with Gasteiger partial charge in [0.1, 0.15) is 0 Å². The number of amides is 1. The van der Waals surface area contributed by atoms with Crippen LogP contribution < -0.4 is 14.8 Å². The van der Waals surface area contributed by atoms with Gasteiger partial charge >= 0.3 is 0 Å². The molecular formula is C19H23NO3S. The Kier molecular flexibility index (Phi) is 7.00. The summed E-state index contributed by atoms with van der Waals surface area (Å²) in [4.78, 5) is 13.3. The van der Waals surface area contributed by atoms with Crippen LogP contribution in [0.4, 0.5) is 0 Å². The van der Waals surface area contributed by atoms with Crippen LogP contribution in [0.5, 0.6) is 11.5 Å². The van der Waals surface area contributed by atoms with Gasteiger partial charge in [0.25, 0.3) is 0 Å². The van der Waals surface area contributed by atoms with E-state index in [1.807, 2.05) is 55.5 Å². The number of methoxy groups -OCH3 is 2.